The molecular formula is C13H14BrF2NO. The van der Waals surface area contributed by atoms with Crippen molar-refractivity contribution < 1.29 is 13.6 Å². The van der Waals surface area contributed by atoms with E-state index in [9.17, 15) is 13.6 Å². The highest BCUT2D eigenvalue weighted by molar-refractivity contribution is 9.08. The Bertz CT molecular complexity index is 450. The quantitative estimate of drug-likeness (QED) is 0.840. The van der Waals surface area contributed by atoms with E-state index in [2.05, 4.69) is 21.2 Å². The van der Waals surface area contributed by atoms with Gasteiger partial charge < -0.3 is 5.32 Å². The molecule has 0 heterocycles. The molecule has 1 aromatic carbocycles. The van der Waals surface area contributed by atoms with Gasteiger partial charge in [0.05, 0.1) is 0 Å². The van der Waals surface area contributed by atoms with Crippen LogP contribution in [0.15, 0.2) is 24.3 Å². The van der Waals surface area contributed by atoms with Crippen LogP contribution >= 0.6 is 15.9 Å². The van der Waals surface area contributed by atoms with Crippen LogP contribution in [0, 0.1) is 5.92 Å². The summed E-state index contributed by atoms with van der Waals surface area (Å²) in [5.74, 6) is -3.56. The first-order chi connectivity index (χ1) is 8.50. The molecule has 1 unspecified atom stereocenters. The molecule has 5 heteroatoms. The SMILES string of the molecule is O=C(Nc1cccc(CBr)c1)C1CCC(F)(F)C1. The van der Waals surface area contributed by atoms with Crippen molar-refractivity contribution in [1.29, 1.82) is 0 Å². The van der Waals surface area contributed by atoms with Gasteiger partial charge in [0.25, 0.3) is 0 Å². The van der Waals surface area contributed by atoms with Gasteiger partial charge in [-0.2, -0.15) is 0 Å². The molecule has 1 aliphatic rings. The summed E-state index contributed by atoms with van der Waals surface area (Å²) in [4.78, 5) is 11.8. The Hall–Kier alpha value is -0.970. The van der Waals surface area contributed by atoms with Crippen LogP contribution in [0.2, 0.25) is 0 Å². The number of alkyl halides is 3. The first-order valence-corrected chi connectivity index (χ1v) is 6.96. The number of carbonyl (C=O) groups is 1. The molecule has 1 atom stereocenters. The second-order valence-corrected chi connectivity index (χ2v) is 5.18. The molecule has 0 saturated heterocycles. The first-order valence-electron chi connectivity index (χ1n) is 5.84. The fourth-order valence-electron chi connectivity index (χ4n) is 2.15. The predicted molar refractivity (Wildman–Crippen MR) is 70.0 cm³/mol. The van der Waals surface area contributed by atoms with Crippen LogP contribution < -0.4 is 5.32 Å². The zero-order valence-electron chi connectivity index (χ0n) is 9.76. The normalized spacial score (nSPS) is 21.8. The van der Waals surface area contributed by atoms with E-state index in [4.69, 9.17) is 0 Å². The maximum Gasteiger partial charge on any atom is 0.248 e. The molecule has 98 valence electrons. The molecular weight excluding hydrogens is 304 g/mol. The summed E-state index contributed by atoms with van der Waals surface area (Å²) in [6.07, 6.45) is -0.263. The van der Waals surface area contributed by atoms with E-state index in [0.29, 0.717) is 11.0 Å². The minimum absolute atomic E-state index is 0.188. The number of benzene rings is 1. The van der Waals surface area contributed by atoms with Crippen molar-refractivity contribution >= 4 is 27.5 Å². The van der Waals surface area contributed by atoms with Crippen LogP contribution in [0.5, 0.6) is 0 Å². The lowest BCUT2D eigenvalue weighted by molar-refractivity contribution is -0.120. The lowest BCUT2D eigenvalue weighted by atomic mass is 10.1. The smallest absolute Gasteiger partial charge is 0.248 e. The van der Waals surface area contributed by atoms with E-state index in [1.54, 1.807) is 6.07 Å². The standard InChI is InChI=1S/C13H14BrF2NO/c14-8-9-2-1-3-11(6-9)17-12(18)10-4-5-13(15,16)7-10/h1-3,6,10H,4-5,7-8H2,(H,17,18). The van der Waals surface area contributed by atoms with Gasteiger partial charge in [-0.3, -0.25) is 4.79 Å². The summed E-state index contributed by atoms with van der Waals surface area (Å²) in [5.41, 5.74) is 1.69. The minimum atomic E-state index is -2.68. The van der Waals surface area contributed by atoms with Crippen molar-refractivity contribution in [2.75, 3.05) is 5.32 Å². The van der Waals surface area contributed by atoms with Crippen molar-refractivity contribution in [2.45, 2.75) is 30.5 Å². The Labute approximate surface area is 113 Å². The van der Waals surface area contributed by atoms with Gasteiger partial charge in [-0.05, 0) is 24.1 Å². The van der Waals surface area contributed by atoms with Gasteiger partial charge in [0.15, 0.2) is 0 Å². The minimum Gasteiger partial charge on any atom is -0.326 e. The molecule has 0 radical (unpaired) electrons. The maximum absolute atomic E-state index is 13.0. The van der Waals surface area contributed by atoms with Gasteiger partial charge in [0, 0.05) is 29.8 Å². The van der Waals surface area contributed by atoms with Crippen molar-refractivity contribution in [3.8, 4) is 0 Å². The number of rotatable bonds is 3. The van der Waals surface area contributed by atoms with Crippen LogP contribution in [0.3, 0.4) is 0 Å². The molecule has 1 saturated carbocycles. The molecule has 1 aliphatic carbocycles. The van der Waals surface area contributed by atoms with E-state index in [-0.39, 0.29) is 25.2 Å². The molecule has 0 aromatic heterocycles. The summed E-state index contributed by atoms with van der Waals surface area (Å²) in [6, 6.07) is 7.35. The highest BCUT2D eigenvalue weighted by Gasteiger charge is 2.42. The van der Waals surface area contributed by atoms with Crippen LogP contribution in [0.1, 0.15) is 24.8 Å². The molecule has 2 rings (SSSR count). The third kappa shape index (κ3) is 3.28. The Morgan fingerprint density at radius 2 is 2.28 bits per heavy atom. The molecule has 0 bridgehead atoms. The van der Waals surface area contributed by atoms with Gasteiger partial charge in [-0.15, -0.1) is 0 Å². The Morgan fingerprint density at radius 1 is 1.50 bits per heavy atom. The van der Waals surface area contributed by atoms with Crippen molar-refractivity contribution in [1.82, 2.24) is 0 Å². The van der Waals surface area contributed by atoms with E-state index < -0.39 is 11.8 Å². The second kappa shape index (κ2) is 5.34. The van der Waals surface area contributed by atoms with Crippen LogP contribution in [-0.2, 0) is 10.1 Å². The zero-order valence-corrected chi connectivity index (χ0v) is 11.3. The number of anilines is 1. The van der Waals surface area contributed by atoms with E-state index in [1.165, 1.54) is 0 Å². The number of halogens is 3. The largest absolute Gasteiger partial charge is 0.326 e. The highest BCUT2D eigenvalue weighted by atomic mass is 79.9. The predicted octanol–water partition coefficient (Wildman–Crippen LogP) is 3.96. The van der Waals surface area contributed by atoms with Gasteiger partial charge >= 0.3 is 0 Å². The third-order valence-corrected chi connectivity index (χ3v) is 3.77. The van der Waals surface area contributed by atoms with Crippen LogP contribution in [0.25, 0.3) is 0 Å². The fraction of sp³-hybridized carbons (Fsp3) is 0.462. The van der Waals surface area contributed by atoms with E-state index in [0.717, 1.165) is 5.56 Å². The van der Waals surface area contributed by atoms with Crippen molar-refractivity contribution in [3.63, 3.8) is 0 Å². The summed E-state index contributed by atoms with van der Waals surface area (Å²) >= 11 is 3.33. The Morgan fingerprint density at radius 3 is 2.89 bits per heavy atom. The van der Waals surface area contributed by atoms with Crippen molar-refractivity contribution in [2.24, 2.45) is 5.92 Å². The third-order valence-electron chi connectivity index (χ3n) is 3.12. The monoisotopic (exact) mass is 317 g/mol. The van der Waals surface area contributed by atoms with Crippen molar-refractivity contribution in [3.05, 3.63) is 29.8 Å². The first kappa shape index (κ1) is 13.5. The van der Waals surface area contributed by atoms with Gasteiger partial charge in [0.2, 0.25) is 11.8 Å². The molecule has 2 nitrogen and oxygen atoms in total. The molecule has 1 amide bonds. The summed E-state index contributed by atoms with van der Waals surface area (Å²) in [6.45, 7) is 0. The number of nitrogens with one attached hydrogen (secondary N) is 1. The average molecular weight is 318 g/mol. The average Bonchev–Trinajstić information content (AvgIpc) is 2.70. The molecule has 0 aliphatic heterocycles. The van der Waals surface area contributed by atoms with Crippen LogP contribution in [-0.4, -0.2) is 11.8 Å². The number of carbonyl (C=O) groups excluding carboxylic acids is 1. The molecule has 1 fully saturated rings. The molecule has 18 heavy (non-hydrogen) atoms. The number of amides is 1. The molecule has 1 aromatic rings. The Kier molecular flexibility index (Phi) is 4.00. The second-order valence-electron chi connectivity index (χ2n) is 4.62. The van der Waals surface area contributed by atoms with Gasteiger partial charge in [-0.25, -0.2) is 8.78 Å². The number of hydrogen-bond donors (Lipinski definition) is 1. The van der Waals surface area contributed by atoms with Gasteiger partial charge in [0.1, 0.15) is 0 Å². The van der Waals surface area contributed by atoms with E-state index >= 15 is 0 Å². The topological polar surface area (TPSA) is 29.1 Å². The summed E-state index contributed by atoms with van der Waals surface area (Å²) < 4.78 is 26.1. The van der Waals surface area contributed by atoms with E-state index in [1.807, 2.05) is 18.2 Å². The fourth-order valence-corrected chi connectivity index (χ4v) is 2.50. The van der Waals surface area contributed by atoms with Gasteiger partial charge in [-0.1, -0.05) is 28.1 Å². The highest BCUT2D eigenvalue weighted by Crippen LogP contribution is 2.39. The Balaban J connectivity index is 1.99. The van der Waals surface area contributed by atoms with Crippen LogP contribution in [0.4, 0.5) is 14.5 Å². The summed E-state index contributed by atoms with van der Waals surface area (Å²) in [5, 5.41) is 3.40. The lowest BCUT2D eigenvalue weighted by Crippen LogP contribution is -2.22. The molecule has 1 N–H and O–H groups in total. The number of hydrogen-bond acceptors (Lipinski definition) is 1. The maximum atomic E-state index is 13.0. The lowest BCUT2D eigenvalue weighted by Gasteiger charge is -2.12. The summed E-state index contributed by atoms with van der Waals surface area (Å²) in [7, 11) is 0. The molecule has 0 spiro atoms. The zero-order chi connectivity index (χ0) is 13.2.